The molecule has 0 aliphatic carbocycles. The summed E-state index contributed by atoms with van der Waals surface area (Å²) in [6.07, 6.45) is 4.56. The molecule has 6 heteroatoms. The zero-order valence-electron chi connectivity index (χ0n) is 16.8. The molecule has 3 aliphatic rings. The summed E-state index contributed by atoms with van der Waals surface area (Å²) in [5.41, 5.74) is 1.18. The highest BCUT2D eigenvalue weighted by Gasteiger charge is 2.49. The van der Waals surface area contributed by atoms with Crippen molar-refractivity contribution in [2.75, 3.05) is 33.9 Å². The highest BCUT2D eigenvalue weighted by molar-refractivity contribution is 5.79. The van der Waals surface area contributed by atoms with E-state index >= 15 is 0 Å². The van der Waals surface area contributed by atoms with Gasteiger partial charge in [0.1, 0.15) is 12.4 Å². The quantitative estimate of drug-likeness (QED) is 0.778. The third kappa shape index (κ3) is 3.62. The van der Waals surface area contributed by atoms with Crippen LogP contribution in [0.5, 0.6) is 5.75 Å². The SMILES string of the molecule is COCC(=O)N1C[C@H]2C[C@@H](C1)[C@H](Cc1cccc(OC)c1)N1C(=O)CCC[C@@H]21. The largest absolute Gasteiger partial charge is 0.497 e. The van der Waals surface area contributed by atoms with Crippen LogP contribution < -0.4 is 4.74 Å². The fourth-order valence-corrected chi connectivity index (χ4v) is 5.50. The van der Waals surface area contributed by atoms with E-state index < -0.39 is 0 Å². The van der Waals surface area contributed by atoms with E-state index in [1.165, 1.54) is 5.56 Å². The number of methoxy groups -OCH3 is 2. The fraction of sp³-hybridized carbons (Fsp3) is 0.636. The molecule has 3 heterocycles. The topological polar surface area (TPSA) is 59.1 Å². The van der Waals surface area contributed by atoms with Gasteiger partial charge in [0.2, 0.25) is 11.8 Å². The molecule has 1 aromatic carbocycles. The molecule has 3 fully saturated rings. The maximum atomic E-state index is 12.9. The predicted molar refractivity (Wildman–Crippen MR) is 105 cm³/mol. The van der Waals surface area contributed by atoms with Crippen molar-refractivity contribution in [3.8, 4) is 5.75 Å². The minimum atomic E-state index is 0.0629. The molecule has 0 radical (unpaired) electrons. The minimum absolute atomic E-state index is 0.0629. The number of hydrogen-bond donors (Lipinski definition) is 0. The number of amides is 2. The van der Waals surface area contributed by atoms with Crippen LogP contribution in [0.25, 0.3) is 0 Å². The Morgan fingerprint density at radius 1 is 1.21 bits per heavy atom. The van der Waals surface area contributed by atoms with Gasteiger partial charge in [-0.05, 0) is 55.2 Å². The molecule has 3 saturated heterocycles. The number of carbonyl (C=O) groups is 2. The lowest BCUT2D eigenvalue weighted by atomic mass is 9.70. The van der Waals surface area contributed by atoms with Crippen LogP contribution >= 0.6 is 0 Å². The molecule has 0 saturated carbocycles. The van der Waals surface area contributed by atoms with Gasteiger partial charge in [0.15, 0.2) is 0 Å². The van der Waals surface area contributed by atoms with Crippen molar-refractivity contribution in [3.63, 3.8) is 0 Å². The first kappa shape index (κ1) is 19.2. The van der Waals surface area contributed by atoms with Gasteiger partial charge in [-0.1, -0.05) is 12.1 Å². The summed E-state index contributed by atoms with van der Waals surface area (Å²) in [4.78, 5) is 29.6. The molecule has 2 bridgehead atoms. The Bertz CT molecular complexity index is 737. The van der Waals surface area contributed by atoms with E-state index in [9.17, 15) is 9.59 Å². The molecule has 4 rings (SSSR count). The number of piperidine rings is 3. The zero-order chi connectivity index (χ0) is 19.7. The van der Waals surface area contributed by atoms with Crippen molar-refractivity contribution in [3.05, 3.63) is 29.8 Å². The average Bonchev–Trinajstić information content (AvgIpc) is 2.71. The smallest absolute Gasteiger partial charge is 0.248 e. The molecule has 3 aliphatic heterocycles. The summed E-state index contributed by atoms with van der Waals surface area (Å²) in [5, 5.41) is 0. The monoisotopic (exact) mass is 386 g/mol. The van der Waals surface area contributed by atoms with Gasteiger partial charge >= 0.3 is 0 Å². The van der Waals surface area contributed by atoms with Gasteiger partial charge in [-0.3, -0.25) is 9.59 Å². The first-order chi connectivity index (χ1) is 13.6. The molecule has 0 aromatic heterocycles. The molecule has 0 N–H and O–H groups in total. The Morgan fingerprint density at radius 3 is 2.82 bits per heavy atom. The Hall–Kier alpha value is -2.08. The number of hydrogen-bond acceptors (Lipinski definition) is 4. The van der Waals surface area contributed by atoms with Crippen LogP contribution in [0.4, 0.5) is 0 Å². The average molecular weight is 386 g/mol. The van der Waals surface area contributed by atoms with Crippen LogP contribution in [-0.4, -0.2) is 67.6 Å². The van der Waals surface area contributed by atoms with Crippen LogP contribution in [0.2, 0.25) is 0 Å². The predicted octanol–water partition coefficient (Wildman–Crippen LogP) is 2.11. The third-order valence-corrected chi connectivity index (χ3v) is 6.70. The lowest BCUT2D eigenvalue weighted by molar-refractivity contribution is -0.157. The summed E-state index contributed by atoms with van der Waals surface area (Å²) in [6.45, 7) is 1.59. The van der Waals surface area contributed by atoms with Gasteiger partial charge in [0, 0.05) is 38.7 Å². The van der Waals surface area contributed by atoms with E-state index in [1.54, 1.807) is 14.2 Å². The number of rotatable bonds is 5. The maximum absolute atomic E-state index is 12.9. The molecule has 4 atom stereocenters. The molecular formula is C22H30N2O4. The number of carbonyl (C=O) groups excluding carboxylic acids is 2. The Kier molecular flexibility index (Phi) is 5.58. The number of likely N-dealkylation sites (tertiary alicyclic amines) is 1. The first-order valence-corrected chi connectivity index (χ1v) is 10.3. The van der Waals surface area contributed by atoms with Gasteiger partial charge in [-0.25, -0.2) is 0 Å². The summed E-state index contributed by atoms with van der Waals surface area (Å²) >= 11 is 0. The number of nitrogens with zero attached hydrogens (tertiary/aromatic N) is 2. The molecule has 28 heavy (non-hydrogen) atoms. The van der Waals surface area contributed by atoms with Gasteiger partial charge in [-0.15, -0.1) is 0 Å². The lowest BCUT2D eigenvalue weighted by Crippen LogP contribution is -2.66. The van der Waals surface area contributed by atoms with Gasteiger partial charge in [-0.2, -0.15) is 0 Å². The van der Waals surface area contributed by atoms with Crippen molar-refractivity contribution in [1.82, 2.24) is 9.80 Å². The second-order valence-electron chi connectivity index (χ2n) is 8.37. The molecule has 1 aromatic rings. The number of benzene rings is 1. The standard InChI is InChI=1S/C22H30N2O4/c1-27-14-22(26)23-12-16-11-17(13-23)20(24-19(16)7-4-8-21(24)25)10-15-5-3-6-18(9-15)28-2/h3,5-6,9,16-17,19-20H,4,7-8,10-14H2,1-2H3/t16-,17+,19+,20+/m1/s1. The van der Waals surface area contributed by atoms with Crippen molar-refractivity contribution in [2.45, 2.75) is 44.2 Å². The van der Waals surface area contributed by atoms with E-state index in [2.05, 4.69) is 17.0 Å². The molecule has 0 spiro atoms. The van der Waals surface area contributed by atoms with Crippen LogP contribution in [0.15, 0.2) is 24.3 Å². The van der Waals surface area contributed by atoms with Crippen molar-refractivity contribution in [2.24, 2.45) is 11.8 Å². The second kappa shape index (κ2) is 8.11. The van der Waals surface area contributed by atoms with E-state index in [4.69, 9.17) is 9.47 Å². The fourth-order valence-electron chi connectivity index (χ4n) is 5.50. The Balaban J connectivity index is 1.61. The highest BCUT2D eigenvalue weighted by Crippen LogP contribution is 2.42. The Labute approximate surface area is 166 Å². The van der Waals surface area contributed by atoms with Gasteiger partial charge in [0.05, 0.1) is 7.11 Å². The third-order valence-electron chi connectivity index (χ3n) is 6.70. The normalized spacial score (nSPS) is 29.4. The van der Waals surface area contributed by atoms with E-state index in [0.29, 0.717) is 24.8 Å². The Morgan fingerprint density at radius 2 is 2.04 bits per heavy atom. The van der Waals surface area contributed by atoms with Crippen LogP contribution in [0.1, 0.15) is 31.2 Å². The van der Waals surface area contributed by atoms with Crippen molar-refractivity contribution in [1.29, 1.82) is 0 Å². The van der Waals surface area contributed by atoms with Gasteiger partial charge in [0.25, 0.3) is 0 Å². The summed E-state index contributed by atoms with van der Waals surface area (Å²) < 4.78 is 10.5. The van der Waals surface area contributed by atoms with Crippen molar-refractivity contribution >= 4 is 11.8 Å². The molecule has 0 unspecified atom stereocenters. The molecule has 2 amide bonds. The summed E-state index contributed by atoms with van der Waals surface area (Å²) in [7, 11) is 3.24. The lowest BCUT2D eigenvalue weighted by Gasteiger charge is -2.56. The number of ether oxygens (including phenoxy) is 2. The molecule has 6 nitrogen and oxygen atoms in total. The van der Waals surface area contributed by atoms with Crippen LogP contribution in [-0.2, 0) is 20.7 Å². The maximum Gasteiger partial charge on any atom is 0.248 e. The second-order valence-corrected chi connectivity index (χ2v) is 8.37. The molecule has 152 valence electrons. The van der Waals surface area contributed by atoms with Crippen LogP contribution in [0, 0.1) is 11.8 Å². The highest BCUT2D eigenvalue weighted by atomic mass is 16.5. The van der Waals surface area contributed by atoms with Gasteiger partial charge < -0.3 is 19.3 Å². The van der Waals surface area contributed by atoms with E-state index in [1.807, 2.05) is 17.0 Å². The minimum Gasteiger partial charge on any atom is -0.497 e. The van der Waals surface area contributed by atoms with Crippen LogP contribution in [0.3, 0.4) is 0 Å². The molecular weight excluding hydrogens is 356 g/mol. The number of fused-ring (bicyclic) bond motifs is 4. The van der Waals surface area contributed by atoms with E-state index in [0.717, 1.165) is 38.0 Å². The summed E-state index contributed by atoms with van der Waals surface area (Å²) in [5.74, 6) is 1.88. The zero-order valence-corrected chi connectivity index (χ0v) is 16.8. The van der Waals surface area contributed by atoms with E-state index in [-0.39, 0.29) is 30.5 Å². The van der Waals surface area contributed by atoms with Crippen molar-refractivity contribution < 1.29 is 19.1 Å². The first-order valence-electron chi connectivity index (χ1n) is 10.3. The summed E-state index contributed by atoms with van der Waals surface area (Å²) in [6, 6.07) is 8.51.